The Morgan fingerprint density at radius 1 is 1.29 bits per heavy atom. The molecular weight excluding hydrogens is 275 g/mol. The van der Waals surface area contributed by atoms with Crippen LogP contribution in [-0.2, 0) is 14.3 Å². The molecule has 0 spiro atoms. The highest BCUT2D eigenvalue weighted by Crippen LogP contribution is 2.50. The molecule has 4 nitrogen and oxygen atoms in total. The summed E-state index contributed by atoms with van der Waals surface area (Å²) in [5.41, 5.74) is -1.32. The fourth-order valence-corrected chi connectivity index (χ4v) is 2.28. The van der Waals surface area contributed by atoms with Crippen molar-refractivity contribution >= 4 is 11.9 Å². The van der Waals surface area contributed by atoms with Crippen LogP contribution in [0.1, 0.15) is 36.5 Å². The normalized spacial score (nSPS) is 23.4. The van der Waals surface area contributed by atoms with Crippen molar-refractivity contribution < 1.29 is 23.5 Å². The van der Waals surface area contributed by atoms with Gasteiger partial charge in [-0.1, -0.05) is 18.2 Å². The van der Waals surface area contributed by atoms with Gasteiger partial charge in [0.2, 0.25) is 5.67 Å². The molecule has 0 amide bonds. The first-order valence-electron chi connectivity index (χ1n) is 7.16. The minimum atomic E-state index is -1.82. The van der Waals surface area contributed by atoms with Gasteiger partial charge in [0.25, 0.3) is 0 Å². The molecule has 114 valence electrons. The van der Waals surface area contributed by atoms with Crippen molar-refractivity contribution in [3.8, 4) is 0 Å². The average molecular weight is 294 g/mol. The third-order valence-corrected chi connectivity index (χ3v) is 3.58. The molecule has 0 aromatic heterocycles. The standard InChI is InChI=1S/C16H19FO4/c1-2-20-15(19)16(17)11-13(16)9-6-10-21-14(18)12-7-4-3-5-8-12/h3-5,7-8,13H,2,6,9-11H2,1H3/t13-,16-/m1/s1. The summed E-state index contributed by atoms with van der Waals surface area (Å²) >= 11 is 0. The van der Waals surface area contributed by atoms with Gasteiger partial charge >= 0.3 is 11.9 Å². The number of benzene rings is 1. The third kappa shape index (κ3) is 3.80. The highest BCUT2D eigenvalue weighted by atomic mass is 19.1. The number of hydrogen-bond acceptors (Lipinski definition) is 4. The number of carbonyl (C=O) groups is 2. The molecule has 1 aliphatic rings. The monoisotopic (exact) mass is 294 g/mol. The highest BCUT2D eigenvalue weighted by Gasteiger charge is 2.62. The smallest absolute Gasteiger partial charge is 0.344 e. The zero-order chi connectivity index (χ0) is 15.3. The minimum Gasteiger partial charge on any atom is -0.464 e. The zero-order valence-electron chi connectivity index (χ0n) is 12.0. The largest absolute Gasteiger partial charge is 0.464 e. The van der Waals surface area contributed by atoms with E-state index in [1.54, 1.807) is 31.2 Å². The third-order valence-electron chi connectivity index (χ3n) is 3.58. The molecule has 0 N–H and O–H groups in total. The molecule has 0 bridgehead atoms. The van der Waals surface area contributed by atoms with Gasteiger partial charge in [-0.25, -0.2) is 14.0 Å². The van der Waals surface area contributed by atoms with Gasteiger partial charge in [-0.15, -0.1) is 0 Å². The molecule has 21 heavy (non-hydrogen) atoms. The van der Waals surface area contributed by atoms with Crippen molar-refractivity contribution in [1.29, 1.82) is 0 Å². The van der Waals surface area contributed by atoms with E-state index >= 15 is 0 Å². The number of ether oxygens (including phenoxy) is 2. The summed E-state index contributed by atoms with van der Waals surface area (Å²) in [5, 5.41) is 0. The number of carbonyl (C=O) groups excluding carboxylic acids is 2. The molecule has 1 aromatic rings. The number of alkyl halides is 1. The van der Waals surface area contributed by atoms with E-state index in [9.17, 15) is 14.0 Å². The molecule has 0 unspecified atom stereocenters. The van der Waals surface area contributed by atoms with Gasteiger partial charge in [0.05, 0.1) is 18.8 Å². The van der Waals surface area contributed by atoms with Crippen LogP contribution in [0.4, 0.5) is 4.39 Å². The van der Waals surface area contributed by atoms with E-state index in [0.717, 1.165) is 0 Å². The lowest BCUT2D eigenvalue weighted by atomic mass is 10.2. The number of halogens is 1. The van der Waals surface area contributed by atoms with Crippen molar-refractivity contribution in [2.24, 2.45) is 5.92 Å². The molecule has 0 radical (unpaired) electrons. The van der Waals surface area contributed by atoms with Crippen molar-refractivity contribution in [2.45, 2.75) is 31.9 Å². The topological polar surface area (TPSA) is 52.6 Å². The minimum absolute atomic E-state index is 0.186. The van der Waals surface area contributed by atoms with Gasteiger partial charge in [-0.05, 0) is 38.3 Å². The van der Waals surface area contributed by atoms with Crippen LogP contribution in [0, 0.1) is 5.92 Å². The van der Waals surface area contributed by atoms with Gasteiger partial charge in [-0.2, -0.15) is 0 Å². The zero-order valence-corrected chi connectivity index (χ0v) is 12.0. The molecule has 5 heteroatoms. The molecule has 0 heterocycles. The van der Waals surface area contributed by atoms with Gasteiger partial charge in [0.15, 0.2) is 0 Å². The molecule has 1 saturated carbocycles. The maximum absolute atomic E-state index is 14.0. The van der Waals surface area contributed by atoms with Crippen LogP contribution in [0.5, 0.6) is 0 Å². The van der Waals surface area contributed by atoms with Crippen LogP contribution >= 0.6 is 0 Å². The fourth-order valence-electron chi connectivity index (χ4n) is 2.28. The van der Waals surface area contributed by atoms with Gasteiger partial charge in [0, 0.05) is 5.92 Å². The Balaban J connectivity index is 1.65. The lowest BCUT2D eigenvalue weighted by Crippen LogP contribution is -2.22. The summed E-state index contributed by atoms with van der Waals surface area (Å²) in [7, 11) is 0. The first-order valence-corrected chi connectivity index (χ1v) is 7.16. The highest BCUT2D eigenvalue weighted by molar-refractivity contribution is 5.89. The lowest BCUT2D eigenvalue weighted by molar-refractivity contribution is -0.151. The Kier molecular flexibility index (Phi) is 4.94. The van der Waals surface area contributed by atoms with E-state index in [1.807, 2.05) is 6.07 Å². The first-order chi connectivity index (χ1) is 10.1. The van der Waals surface area contributed by atoms with Gasteiger partial charge in [-0.3, -0.25) is 0 Å². The van der Waals surface area contributed by atoms with Crippen molar-refractivity contribution in [3.05, 3.63) is 35.9 Å². The Labute approximate surface area is 123 Å². The quantitative estimate of drug-likeness (QED) is 0.573. The number of hydrogen-bond donors (Lipinski definition) is 0. The first kappa shape index (κ1) is 15.5. The van der Waals surface area contributed by atoms with Crippen LogP contribution < -0.4 is 0 Å². The average Bonchev–Trinajstić information content (AvgIpc) is 3.17. The molecule has 2 rings (SSSR count). The van der Waals surface area contributed by atoms with Crippen LogP contribution in [-0.4, -0.2) is 30.8 Å². The summed E-state index contributed by atoms with van der Waals surface area (Å²) in [4.78, 5) is 23.0. The predicted octanol–water partition coefficient (Wildman–Crippen LogP) is 2.91. The van der Waals surface area contributed by atoms with Crippen molar-refractivity contribution in [1.82, 2.24) is 0 Å². The van der Waals surface area contributed by atoms with E-state index in [2.05, 4.69) is 0 Å². The summed E-state index contributed by atoms with van der Waals surface area (Å²) in [6, 6.07) is 8.70. The van der Waals surface area contributed by atoms with Crippen LogP contribution in [0.25, 0.3) is 0 Å². The molecular formula is C16H19FO4. The van der Waals surface area contributed by atoms with E-state index in [0.29, 0.717) is 18.4 Å². The maximum atomic E-state index is 14.0. The molecule has 2 atom stereocenters. The molecule has 0 saturated heterocycles. The van der Waals surface area contributed by atoms with E-state index in [4.69, 9.17) is 9.47 Å². The Morgan fingerprint density at radius 3 is 2.67 bits per heavy atom. The van der Waals surface area contributed by atoms with Crippen LogP contribution in [0.3, 0.4) is 0 Å². The van der Waals surface area contributed by atoms with Crippen molar-refractivity contribution in [3.63, 3.8) is 0 Å². The molecule has 1 aliphatic carbocycles. The SMILES string of the molecule is CCOC(=O)[C@@]1(F)C[C@H]1CCCOC(=O)c1ccccc1. The second-order valence-electron chi connectivity index (χ2n) is 5.13. The van der Waals surface area contributed by atoms with Crippen LogP contribution in [0.15, 0.2) is 30.3 Å². The Bertz CT molecular complexity index is 502. The fraction of sp³-hybridized carbons (Fsp3) is 0.500. The lowest BCUT2D eigenvalue weighted by Gasteiger charge is -2.07. The molecule has 1 aromatic carbocycles. The van der Waals surface area contributed by atoms with E-state index in [-0.39, 0.29) is 31.5 Å². The Morgan fingerprint density at radius 2 is 2.00 bits per heavy atom. The molecule has 1 fully saturated rings. The summed E-state index contributed by atoms with van der Waals surface area (Å²) in [5.74, 6) is -1.47. The number of esters is 2. The second-order valence-corrected chi connectivity index (χ2v) is 5.13. The van der Waals surface area contributed by atoms with Crippen LogP contribution in [0.2, 0.25) is 0 Å². The predicted molar refractivity (Wildman–Crippen MR) is 74.5 cm³/mol. The van der Waals surface area contributed by atoms with Gasteiger partial charge in [0.1, 0.15) is 0 Å². The van der Waals surface area contributed by atoms with E-state index in [1.165, 1.54) is 0 Å². The molecule has 0 aliphatic heterocycles. The second kappa shape index (κ2) is 6.70. The summed E-state index contributed by atoms with van der Waals surface area (Å²) in [6.45, 7) is 2.07. The summed E-state index contributed by atoms with van der Waals surface area (Å²) in [6.07, 6.45) is 1.25. The number of rotatable bonds is 7. The van der Waals surface area contributed by atoms with E-state index < -0.39 is 11.6 Å². The summed E-state index contributed by atoms with van der Waals surface area (Å²) < 4.78 is 23.8. The maximum Gasteiger partial charge on any atom is 0.344 e. The van der Waals surface area contributed by atoms with Crippen molar-refractivity contribution in [2.75, 3.05) is 13.2 Å². The Hall–Kier alpha value is -1.91. The van der Waals surface area contributed by atoms with Gasteiger partial charge < -0.3 is 9.47 Å².